The van der Waals surface area contributed by atoms with Crippen LogP contribution in [0.15, 0.2) is 54.6 Å². The van der Waals surface area contributed by atoms with E-state index < -0.39 is 0 Å². The highest BCUT2D eigenvalue weighted by molar-refractivity contribution is 7.17. The molecule has 2 aromatic carbocycles. The number of hydrogen-bond acceptors (Lipinski definition) is 2. The molecule has 0 N–H and O–H groups in total. The second-order valence-electron chi connectivity index (χ2n) is 4.34. The van der Waals surface area contributed by atoms with Crippen LogP contribution in [0.2, 0.25) is 4.34 Å². The van der Waals surface area contributed by atoms with Gasteiger partial charge in [0.05, 0.1) is 16.0 Å². The van der Waals surface area contributed by atoms with Crippen LogP contribution in [0.3, 0.4) is 0 Å². The first-order valence-corrected chi connectivity index (χ1v) is 7.32. The fraction of sp³-hybridized carbons (Fsp3) is 0. The van der Waals surface area contributed by atoms with Crippen LogP contribution in [0.4, 0.5) is 0 Å². The second-order valence-corrected chi connectivity index (χ2v) is 6.09. The third-order valence-electron chi connectivity index (χ3n) is 3.08. The topological polar surface area (TPSA) is 23.8 Å². The number of allylic oxidation sites excluding steroid dienone is 1. The number of nitrogens with zero attached hydrogens (tertiary/aromatic N) is 1. The van der Waals surface area contributed by atoms with E-state index in [1.807, 2.05) is 48.5 Å². The molecule has 0 spiro atoms. The number of nitriles is 1. The molecule has 0 atom stereocenters. The Kier molecular flexibility index (Phi) is 3.56. The standard InChI is InChI=1S/C17H10ClNS/c18-17-9-8-14(20-17)10-13(11-19)16-7-3-5-12-4-1-2-6-15(12)16/h1-10H/b13-10+. The molecule has 0 aliphatic carbocycles. The molecule has 0 bridgehead atoms. The monoisotopic (exact) mass is 295 g/mol. The predicted octanol–water partition coefficient (Wildman–Crippen LogP) is 5.62. The summed E-state index contributed by atoms with van der Waals surface area (Å²) in [7, 11) is 0. The van der Waals surface area contributed by atoms with E-state index in [4.69, 9.17) is 11.6 Å². The first-order valence-electron chi connectivity index (χ1n) is 6.13. The average Bonchev–Trinajstić information content (AvgIpc) is 2.89. The fourth-order valence-corrected chi connectivity index (χ4v) is 3.18. The SMILES string of the molecule is N#C/C(=C\c1ccc(Cl)s1)c1cccc2ccccc12. The molecular formula is C17H10ClNS. The summed E-state index contributed by atoms with van der Waals surface area (Å²) < 4.78 is 0.728. The van der Waals surface area contributed by atoms with Crippen molar-refractivity contribution < 1.29 is 0 Å². The van der Waals surface area contributed by atoms with Gasteiger partial charge in [-0.3, -0.25) is 0 Å². The van der Waals surface area contributed by atoms with Crippen molar-refractivity contribution in [3.63, 3.8) is 0 Å². The molecule has 0 saturated heterocycles. The van der Waals surface area contributed by atoms with Crippen molar-refractivity contribution in [3.05, 3.63) is 69.4 Å². The van der Waals surface area contributed by atoms with E-state index in [1.165, 1.54) is 11.3 Å². The largest absolute Gasteiger partial charge is 0.192 e. The highest BCUT2D eigenvalue weighted by Crippen LogP contribution is 2.29. The van der Waals surface area contributed by atoms with Crippen molar-refractivity contribution in [2.24, 2.45) is 0 Å². The third kappa shape index (κ3) is 2.46. The molecule has 0 aliphatic rings. The summed E-state index contributed by atoms with van der Waals surface area (Å²) in [5.74, 6) is 0. The van der Waals surface area contributed by atoms with E-state index in [-0.39, 0.29) is 0 Å². The van der Waals surface area contributed by atoms with Gasteiger partial charge in [-0.2, -0.15) is 5.26 Å². The Balaban J connectivity index is 2.18. The van der Waals surface area contributed by atoms with Gasteiger partial charge in [0, 0.05) is 10.4 Å². The summed E-state index contributed by atoms with van der Waals surface area (Å²) >= 11 is 7.40. The number of thiophene rings is 1. The Morgan fingerprint density at radius 3 is 2.60 bits per heavy atom. The zero-order valence-electron chi connectivity index (χ0n) is 10.5. The fourth-order valence-electron chi connectivity index (χ4n) is 2.18. The lowest BCUT2D eigenvalue weighted by Gasteiger charge is -2.04. The van der Waals surface area contributed by atoms with Gasteiger partial charge in [0.2, 0.25) is 0 Å². The zero-order valence-corrected chi connectivity index (χ0v) is 12.1. The first kappa shape index (κ1) is 12.9. The van der Waals surface area contributed by atoms with Crippen LogP contribution < -0.4 is 0 Å². The maximum absolute atomic E-state index is 9.46. The Morgan fingerprint density at radius 1 is 1.05 bits per heavy atom. The summed E-state index contributed by atoms with van der Waals surface area (Å²) in [5, 5.41) is 11.7. The van der Waals surface area contributed by atoms with Crippen molar-refractivity contribution in [1.29, 1.82) is 5.26 Å². The molecule has 3 rings (SSSR count). The average molecular weight is 296 g/mol. The van der Waals surface area contributed by atoms with Crippen molar-refractivity contribution >= 4 is 45.4 Å². The molecule has 1 heterocycles. The lowest BCUT2D eigenvalue weighted by molar-refractivity contribution is 1.53. The van der Waals surface area contributed by atoms with Gasteiger partial charge in [-0.25, -0.2) is 0 Å². The van der Waals surface area contributed by atoms with E-state index in [0.29, 0.717) is 5.57 Å². The molecule has 0 saturated carbocycles. The van der Waals surface area contributed by atoms with Crippen LogP contribution in [0.25, 0.3) is 22.4 Å². The molecule has 0 fully saturated rings. The van der Waals surface area contributed by atoms with Crippen LogP contribution in [0.1, 0.15) is 10.4 Å². The second kappa shape index (κ2) is 5.50. The van der Waals surface area contributed by atoms with Crippen LogP contribution in [0, 0.1) is 11.3 Å². The summed E-state index contributed by atoms with van der Waals surface area (Å²) in [4.78, 5) is 0.986. The van der Waals surface area contributed by atoms with Gasteiger partial charge in [0.1, 0.15) is 0 Å². The van der Waals surface area contributed by atoms with Crippen LogP contribution >= 0.6 is 22.9 Å². The molecule has 0 radical (unpaired) electrons. The van der Waals surface area contributed by atoms with Gasteiger partial charge < -0.3 is 0 Å². The number of halogens is 1. The number of fused-ring (bicyclic) bond motifs is 1. The van der Waals surface area contributed by atoms with Crippen LogP contribution in [-0.4, -0.2) is 0 Å². The molecular weight excluding hydrogens is 286 g/mol. The quantitative estimate of drug-likeness (QED) is 0.563. The van der Waals surface area contributed by atoms with E-state index in [1.54, 1.807) is 0 Å². The van der Waals surface area contributed by atoms with Gasteiger partial charge in [0.25, 0.3) is 0 Å². The van der Waals surface area contributed by atoms with Gasteiger partial charge in [-0.1, -0.05) is 54.1 Å². The summed E-state index contributed by atoms with van der Waals surface area (Å²) in [6.45, 7) is 0. The highest BCUT2D eigenvalue weighted by Gasteiger charge is 2.06. The van der Waals surface area contributed by atoms with E-state index in [9.17, 15) is 5.26 Å². The number of hydrogen-bond donors (Lipinski definition) is 0. The lowest BCUT2D eigenvalue weighted by atomic mass is 9.98. The Labute approximate surface area is 126 Å². The van der Waals surface area contributed by atoms with Crippen LogP contribution in [-0.2, 0) is 0 Å². The van der Waals surface area contributed by atoms with Gasteiger partial charge >= 0.3 is 0 Å². The number of rotatable bonds is 2. The minimum absolute atomic E-state index is 0.653. The summed E-state index contributed by atoms with van der Waals surface area (Å²) in [6.07, 6.45) is 1.89. The van der Waals surface area contributed by atoms with Gasteiger partial charge in [-0.15, -0.1) is 11.3 Å². The Hall–Kier alpha value is -2.08. The van der Waals surface area contributed by atoms with E-state index >= 15 is 0 Å². The predicted molar refractivity (Wildman–Crippen MR) is 86.8 cm³/mol. The molecule has 3 heteroatoms. The summed E-state index contributed by atoms with van der Waals surface area (Å²) in [5.41, 5.74) is 1.61. The van der Waals surface area contributed by atoms with Crippen molar-refractivity contribution in [3.8, 4) is 6.07 Å². The number of benzene rings is 2. The van der Waals surface area contributed by atoms with Gasteiger partial charge in [0.15, 0.2) is 0 Å². The molecule has 1 nitrogen and oxygen atoms in total. The maximum atomic E-state index is 9.46. The van der Waals surface area contributed by atoms with Crippen molar-refractivity contribution in [2.75, 3.05) is 0 Å². The van der Waals surface area contributed by atoms with E-state index in [2.05, 4.69) is 18.2 Å². The highest BCUT2D eigenvalue weighted by atomic mass is 35.5. The van der Waals surface area contributed by atoms with Crippen LogP contribution in [0.5, 0.6) is 0 Å². The van der Waals surface area contributed by atoms with Crippen molar-refractivity contribution in [2.45, 2.75) is 0 Å². The van der Waals surface area contributed by atoms with Crippen molar-refractivity contribution in [1.82, 2.24) is 0 Å². The molecule has 0 amide bonds. The molecule has 3 aromatic rings. The minimum Gasteiger partial charge on any atom is -0.192 e. The minimum atomic E-state index is 0.653. The Morgan fingerprint density at radius 2 is 1.85 bits per heavy atom. The Bertz CT molecular complexity index is 834. The molecule has 20 heavy (non-hydrogen) atoms. The lowest BCUT2D eigenvalue weighted by Crippen LogP contribution is -1.84. The molecule has 0 aliphatic heterocycles. The summed E-state index contributed by atoms with van der Waals surface area (Å²) in [6, 6.07) is 20.1. The van der Waals surface area contributed by atoms with E-state index in [0.717, 1.165) is 25.5 Å². The molecule has 96 valence electrons. The smallest absolute Gasteiger partial charge is 0.0998 e. The molecule has 1 aromatic heterocycles. The normalized spacial score (nSPS) is 11.5. The maximum Gasteiger partial charge on any atom is 0.0998 e. The first-order chi connectivity index (χ1) is 9.78. The zero-order chi connectivity index (χ0) is 13.9. The molecule has 0 unspecified atom stereocenters. The van der Waals surface area contributed by atoms with Gasteiger partial charge in [-0.05, 0) is 29.0 Å². The third-order valence-corrected chi connectivity index (χ3v) is 4.26.